The van der Waals surface area contributed by atoms with Crippen LogP contribution in [0.3, 0.4) is 0 Å². The molecule has 0 aliphatic carbocycles. The van der Waals surface area contributed by atoms with E-state index in [2.05, 4.69) is 5.32 Å². The summed E-state index contributed by atoms with van der Waals surface area (Å²) >= 11 is 0. The van der Waals surface area contributed by atoms with Crippen molar-refractivity contribution in [2.24, 2.45) is 5.73 Å². The van der Waals surface area contributed by atoms with E-state index < -0.39 is 0 Å². The number of aromatic hydroxyl groups is 1. The summed E-state index contributed by atoms with van der Waals surface area (Å²) in [7, 11) is 0. The quantitative estimate of drug-likeness (QED) is 0.630. The predicted molar refractivity (Wildman–Crippen MR) is 69.6 cm³/mol. The molecule has 1 rings (SSSR count). The highest BCUT2D eigenvalue weighted by Crippen LogP contribution is 2.25. The zero-order valence-corrected chi connectivity index (χ0v) is 10.6. The second-order valence-electron chi connectivity index (χ2n) is 3.99. The molecular weight excluding hydrogens is 232 g/mol. The monoisotopic (exact) mass is 252 g/mol. The van der Waals surface area contributed by atoms with E-state index in [4.69, 9.17) is 10.5 Å². The van der Waals surface area contributed by atoms with Crippen LogP contribution >= 0.6 is 0 Å². The van der Waals surface area contributed by atoms with Gasteiger partial charge in [-0.1, -0.05) is 6.07 Å². The van der Waals surface area contributed by atoms with Gasteiger partial charge in [0.1, 0.15) is 11.5 Å². The van der Waals surface area contributed by atoms with E-state index in [9.17, 15) is 9.90 Å². The lowest BCUT2D eigenvalue weighted by Gasteiger charge is -2.10. The van der Waals surface area contributed by atoms with Crippen LogP contribution in [0.15, 0.2) is 18.2 Å². The number of nitrogens with two attached hydrogens (primary N) is 1. The number of benzene rings is 1. The molecule has 18 heavy (non-hydrogen) atoms. The number of phenols is 1. The maximum atomic E-state index is 11.4. The Kier molecular flexibility index (Phi) is 6.00. The highest BCUT2D eigenvalue weighted by atomic mass is 16.5. The molecule has 0 radical (unpaired) electrons. The van der Waals surface area contributed by atoms with Crippen LogP contribution in [0, 0.1) is 6.92 Å². The number of carbonyl (C=O) groups is 1. The van der Waals surface area contributed by atoms with E-state index in [-0.39, 0.29) is 11.7 Å². The van der Waals surface area contributed by atoms with Crippen molar-refractivity contribution in [2.75, 3.05) is 19.7 Å². The molecule has 0 fully saturated rings. The Labute approximate surface area is 107 Å². The summed E-state index contributed by atoms with van der Waals surface area (Å²) < 4.78 is 5.45. The van der Waals surface area contributed by atoms with Crippen LogP contribution in [0.4, 0.5) is 0 Å². The first kappa shape index (κ1) is 14.3. The van der Waals surface area contributed by atoms with Crippen molar-refractivity contribution >= 4 is 5.91 Å². The molecule has 0 heterocycles. The Morgan fingerprint density at radius 3 is 3.00 bits per heavy atom. The first-order valence-corrected chi connectivity index (χ1v) is 6.03. The lowest BCUT2D eigenvalue weighted by molar-refractivity contribution is -0.121. The molecule has 1 aromatic carbocycles. The number of phenolic OH excluding ortho intramolecular Hbond substituents is 1. The Bertz CT molecular complexity index is 394. The minimum absolute atomic E-state index is 0.0544. The van der Waals surface area contributed by atoms with Crippen molar-refractivity contribution < 1.29 is 14.6 Å². The molecule has 0 aliphatic rings. The summed E-state index contributed by atoms with van der Waals surface area (Å²) in [5, 5.41) is 12.2. The minimum Gasteiger partial charge on any atom is -0.508 e. The van der Waals surface area contributed by atoms with Gasteiger partial charge in [-0.3, -0.25) is 4.79 Å². The van der Waals surface area contributed by atoms with Crippen LogP contribution in [0.25, 0.3) is 0 Å². The summed E-state index contributed by atoms with van der Waals surface area (Å²) in [6.07, 6.45) is 1.07. The lowest BCUT2D eigenvalue weighted by Crippen LogP contribution is -2.27. The average Bonchev–Trinajstić information content (AvgIpc) is 2.35. The van der Waals surface area contributed by atoms with Gasteiger partial charge in [-0.05, 0) is 32.0 Å². The third-order valence-electron chi connectivity index (χ3n) is 2.55. The highest BCUT2D eigenvalue weighted by molar-refractivity contribution is 5.75. The summed E-state index contributed by atoms with van der Waals surface area (Å²) in [5.41, 5.74) is 6.00. The molecular formula is C13H20N2O3. The number of amides is 1. The minimum atomic E-state index is -0.0544. The first-order chi connectivity index (χ1) is 8.65. The van der Waals surface area contributed by atoms with E-state index in [0.717, 1.165) is 6.42 Å². The largest absolute Gasteiger partial charge is 0.508 e. The van der Waals surface area contributed by atoms with Crippen molar-refractivity contribution in [3.8, 4) is 11.5 Å². The molecule has 0 aromatic heterocycles. The molecule has 0 bridgehead atoms. The number of hydrogen-bond donors (Lipinski definition) is 3. The van der Waals surface area contributed by atoms with Gasteiger partial charge in [0.15, 0.2) is 0 Å². The molecule has 0 saturated carbocycles. The van der Waals surface area contributed by atoms with Crippen LogP contribution < -0.4 is 15.8 Å². The molecule has 100 valence electrons. The zero-order valence-electron chi connectivity index (χ0n) is 10.6. The lowest BCUT2D eigenvalue weighted by atomic mass is 10.2. The summed E-state index contributed by atoms with van der Waals surface area (Å²) in [6.45, 7) is 3.23. The van der Waals surface area contributed by atoms with Crippen LogP contribution in [0.1, 0.15) is 18.4 Å². The maximum Gasteiger partial charge on any atom is 0.223 e. The van der Waals surface area contributed by atoms with Gasteiger partial charge < -0.3 is 20.9 Å². The third-order valence-corrected chi connectivity index (χ3v) is 2.55. The van der Waals surface area contributed by atoms with Crippen LogP contribution in [-0.2, 0) is 4.79 Å². The Hall–Kier alpha value is -1.75. The highest BCUT2D eigenvalue weighted by Gasteiger charge is 2.05. The summed E-state index contributed by atoms with van der Waals surface area (Å²) in [5.74, 6) is 0.742. The molecule has 5 heteroatoms. The Morgan fingerprint density at radius 2 is 2.28 bits per heavy atom. The molecule has 0 atom stereocenters. The number of rotatable bonds is 7. The Morgan fingerprint density at radius 1 is 1.50 bits per heavy atom. The van der Waals surface area contributed by atoms with Crippen molar-refractivity contribution in [1.82, 2.24) is 5.32 Å². The van der Waals surface area contributed by atoms with Crippen molar-refractivity contribution in [3.63, 3.8) is 0 Å². The Balaban J connectivity index is 2.29. The van der Waals surface area contributed by atoms with Crippen molar-refractivity contribution in [2.45, 2.75) is 19.8 Å². The van der Waals surface area contributed by atoms with Crippen LogP contribution in [0.5, 0.6) is 11.5 Å². The van der Waals surface area contributed by atoms with Gasteiger partial charge in [0.05, 0.1) is 13.0 Å². The smallest absolute Gasteiger partial charge is 0.223 e. The van der Waals surface area contributed by atoms with Crippen molar-refractivity contribution in [3.05, 3.63) is 23.8 Å². The van der Waals surface area contributed by atoms with Gasteiger partial charge in [-0.25, -0.2) is 0 Å². The van der Waals surface area contributed by atoms with Gasteiger partial charge in [-0.2, -0.15) is 0 Å². The second-order valence-corrected chi connectivity index (χ2v) is 3.99. The fourth-order valence-corrected chi connectivity index (χ4v) is 1.43. The van der Waals surface area contributed by atoms with Crippen LogP contribution in [0.2, 0.25) is 0 Å². The molecule has 0 unspecified atom stereocenters. The maximum absolute atomic E-state index is 11.4. The summed E-state index contributed by atoms with van der Waals surface area (Å²) in [4.78, 5) is 11.4. The normalized spacial score (nSPS) is 10.1. The summed E-state index contributed by atoms with van der Waals surface area (Å²) in [6, 6.07) is 5.07. The van der Waals surface area contributed by atoms with Crippen molar-refractivity contribution in [1.29, 1.82) is 0 Å². The van der Waals surface area contributed by atoms with Gasteiger partial charge in [0, 0.05) is 12.1 Å². The number of hydrogen-bond acceptors (Lipinski definition) is 4. The van der Waals surface area contributed by atoms with E-state index in [1.165, 1.54) is 0 Å². The van der Waals surface area contributed by atoms with Gasteiger partial charge >= 0.3 is 0 Å². The topological polar surface area (TPSA) is 84.6 Å². The second kappa shape index (κ2) is 7.55. The molecule has 5 nitrogen and oxygen atoms in total. The van der Waals surface area contributed by atoms with Gasteiger partial charge in [0.25, 0.3) is 0 Å². The molecule has 0 aliphatic heterocycles. The fraction of sp³-hybridized carbons (Fsp3) is 0.462. The molecule has 0 spiro atoms. The predicted octanol–water partition coefficient (Wildman–Crippen LogP) is 0.935. The molecule has 4 N–H and O–H groups in total. The van der Waals surface area contributed by atoms with E-state index in [1.54, 1.807) is 25.1 Å². The third kappa shape index (κ3) is 4.63. The molecule has 1 amide bonds. The number of ether oxygens (including phenoxy) is 1. The molecule has 1 aromatic rings. The van der Waals surface area contributed by atoms with E-state index in [0.29, 0.717) is 37.4 Å². The van der Waals surface area contributed by atoms with Crippen LogP contribution in [-0.4, -0.2) is 30.7 Å². The zero-order chi connectivity index (χ0) is 13.4. The van der Waals surface area contributed by atoms with E-state index >= 15 is 0 Å². The standard InChI is InChI=1S/C13H20N2O3/c1-10-11(16)4-2-5-12(10)18-9-6-13(17)15-8-3-7-14/h2,4-5,16H,3,6-9,14H2,1H3,(H,15,17). The molecule has 0 saturated heterocycles. The average molecular weight is 252 g/mol. The first-order valence-electron chi connectivity index (χ1n) is 6.03. The number of carbonyl (C=O) groups excluding carboxylic acids is 1. The SMILES string of the molecule is Cc1c(O)cccc1OCCC(=O)NCCCN. The number of nitrogens with one attached hydrogen (secondary N) is 1. The fourth-order valence-electron chi connectivity index (χ4n) is 1.43. The van der Waals surface area contributed by atoms with Gasteiger partial charge in [0.2, 0.25) is 5.91 Å². The van der Waals surface area contributed by atoms with E-state index in [1.807, 2.05) is 0 Å². The van der Waals surface area contributed by atoms with Gasteiger partial charge in [-0.15, -0.1) is 0 Å².